The molecule has 108 valence electrons. The number of halogens is 1. The summed E-state index contributed by atoms with van der Waals surface area (Å²) in [5, 5.41) is 2.90. The summed E-state index contributed by atoms with van der Waals surface area (Å²) >= 11 is 0. The summed E-state index contributed by atoms with van der Waals surface area (Å²) in [5.74, 6) is 0.205. The molecule has 0 aromatic heterocycles. The second kappa shape index (κ2) is 9.82. The van der Waals surface area contributed by atoms with Gasteiger partial charge < -0.3 is 11.1 Å². The number of benzene rings is 1. The van der Waals surface area contributed by atoms with Crippen molar-refractivity contribution in [1.82, 2.24) is 5.32 Å². The molecule has 3 N–H and O–H groups in total. The van der Waals surface area contributed by atoms with Crippen LogP contribution in [0.1, 0.15) is 32.3 Å². The van der Waals surface area contributed by atoms with Crippen LogP contribution in [0.3, 0.4) is 0 Å². The Labute approximate surface area is 122 Å². The third-order valence-corrected chi connectivity index (χ3v) is 3.34. The highest BCUT2D eigenvalue weighted by molar-refractivity contribution is 5.85. The normalized spacial score (nSPS) is 13.2. The fraction of sp³-hybridized carbons (Fsp3) is 0.533. The highest BCUT2D eigenvalue weighted by Gasteiger charge is 2.18. The summed E-state index contributed by atoms with van der Waals surface area (Å²) in [6, 6.07) is 9.90. The summed E-state index contributed by atoms with van der Waals surface area (Å²) in [6.07, 6.45) is 2.86. The standard InChI is InChI=1S/C15H24N2O.ClH/c1-3-12(2)14(16)15(18)17-11-7-10-13-8-5-4-6-9-13;/h4-6,8-9,12,14H,3,7,10-11,16H2,1-2H3,(H,17,18);1H. The predicted molar refractivity (Wildman–Crippen MR) is 82.5 cm³/mol. The minimum absolute atomic E-state index is 0. The van der Waals surface area contributed by atoms with E-state index in [9.17, 15) is 4.79 Å². The second-order valence-corrected chi connectivity index (χ2v) is 4.79. The Morgan fingerprint density at radius 1 is 1.32 bits per heavy atom. The highest BCUT2D eigenvalue weighted by Crippen LogP contribution is 2.05. The van der Waals surface area contributed by atoms with Gasteiger partial charge >= 0.3 is 0 Å². The maximum absolute atomic E-state index is 11.7. The number of nitrogens with two attached hydrogens (primary N) is 1. The fourth-order valence-corrected chi connectivity index (χ4v) is 1.78. The van der Waals surface area contributed by atoms with Crippen LogP contribution in [0.2, 0.25) is 0 Å². The fourth-order valence-electron chi connectivity index (χ4n) is 1.78. The van der Waals surface area contributed by atoms with Crippen molar-refractivity contribution in [2.24, 2.45) is 11.7 Å². The van der Waals surface area contributed by atoms with Gasteiger partial charge in [0.2, 0.25) is 5.91 Å². The highest BCUT2D eigenvalue weighted by atomic mass is 35.5. The molecule has 1 rings (SSSR count). The van der Waals surface area contributed by atoms with Crippen molar-refractivity contribution in [2.75, 3.05) is 6.54 Å². The lowest BCUT2D eigenvalue weighted by atomic mass is 9.99. The molecule has 0 saturated heterocycles. The van der Waals surface area contributed by atoms with Gasteiger partial charge in [-0.1, -0.05) is 50.6 Å². The van der Waals surface area contributed by atoms with E-state index in [1.807, 2.05) is 32.0 Å². The molecule has 2 unspecified atom stereocenters. The van der Waals surface area contributed by atoms with Gasteiger partial charge in [-0.3, -0.25) is 4.79 Å². The maximum Gasteiger partial charge on any atom is 0.237 e. The van der Waals surface area contributed by atoms with Crippen LogP contribution in [0.25, 0.3) is 0 Å². The van der Waals surface area contributed by atoms with E-state index in [-0.39, 0.29) is 30.3 Å². The Morgan fingerprint density at radius 2 is 1.95 bits per heavy atom. The van der Waals surface area contributed by atoms with E-state index in [1.165, 1.54) is 5.56 Å². The number of hydrogen-bond acceptors (Lipinski definition) is 2. The van der Waals surface area contributed by atoms with Gasteiger partial charge in [-0.25, -0.2) is 0 Å². The third kappa shape index (κ3) is 6.60. The van der Waals surface area contributed by atoms with Crippen LogP contribution in [0.4, 0.5) is 0 Å². The number of carbonyl (C=O) groups excluding carboxylic acids is 1. The van der Waals surface area contributed by atoms with E-state index >= 15 is 0 Å². The zero-order valence-electron chi connectivity index (χ0n) is 11.8. The first-order valence-electron chi connectivity index (χ1n) is 6.72. The van der Waals surface area contributed by atoms with Crippen molar-refractivity contribution >= 4 is 18.3 Å². The molecule has 1 aromatic rings. The first-order chi connectivity index (χ1) is 8.65. The van der Waals surface area contributed by atoms with E-state index in [4.69, 9.17) is 5.73 Å². The molecule has 0 bridgehead atoms. The monoisotopic (exact) mass is 284 g/mol. The molecule has 0 aliphatic carbocycles. The van der Waals surface area contributed by atoms with Crippen molar-refractivity contribution in [2.45, 2.75) is 39.2 Å². The van der Waals surface area contributed by atoms with Crippen LogP contribution in [-0.2, 0) is 11.2 Å². The van der Waals surface area contributed by atoms with Gasteiger partial charge in [0.05, 0.1) is 6.04 Å². The Bertz CT molecular complexity index is 356. The SMILES string of the molecule is CCC(C)C(N)C(=O)NCCCc1ccccc1.Cl. The predicted octanol–water partition coefficient (Wildman–Crippen LogP) is 2.53. The van der Waals surface area contributed by atoms with E-state index in [0.29, 0.717) is 6.54 Å². The van der Waals surface area contributed by atoms with Gasteiger partial charge in [0.15, 0.2) is 0 Å². The molecule has 0 saturated carbocycles. The molecule has 0 spiro atoms. The number of carbonyl (C=O) groups is 1. The first-order valence-corrected chi connectivity index (χ1v) is 6.72. The lowest BCUT2D eigenvalue weighted by Gasteiger charge is -2.17. The smallest absolute Gasteiger partial charge is 0.237 e. The van der Waals surface area contributed by atoms with E-state index in [0.717, 1.165) is 19.3 Å². The number of nitrogens with one attached hydrogen (secondary N) is 1. The molecule has 0 heterocycles. The number of rotatable bonds is 7. The summed E-state index contributed by atoms with van der Waals surface area (Å²) in [5.41, 5.74) is 7.16. The Morgan fingerprint density at radius 3 is 2.53 bits per heavy atom. The molecule has 4 heteroatoms. The lowest BCUT2D eigenvalue weighted by Crippen LogP contribution is -2.44. The maximum atomic E-state index is 11.7. The van der Waals surface area contributed by atoms with Crippen LogP contribution in [-0.4, -0.2) is 18.5 Å². The van der Waals surface area contributed by atoms with Gasteiger partial charge in [0.25, 0.3) is 0 Å². The topological polar surface area (TPSA) is 55.1 Å². The summed E-state index contributed by atoms with van der Waals surface area (Å²) in [4.78, 5) is 11.7. The molecule has 19 heavy (non-hydrogen) atoms. The van der Waals surface area contributed by atoms with Gasteiger partial charge in [-0.2, -0.15) is 0 Å². The quantitative estimate of drug-likeness (QED) is 0.756. The van der Waals surface area contributed by atoms with Gasteiger partial charge in [0, 0.05) is 6.54 Å². The first kappa shape index (κ1) is 17.9. The van der Waals surface area contributed by atoms with Crippen LogP contribution in [0.15, 0.2) is 30.3 Å². The zero-order valence-corrected chi connectivity index (χ0v) is 12.6. The van der Waals surface area contributed by atoms with E-state index in [2.05, 4.69) is 17.4 Å². The van der Waals surface area contributed by atoms with Crippen LogP contribution in [0.5, 0.6) is 0 Å². The Kier molecular flexibility index (Phi) is 9.27. The molecular formula is C15H25ClN2O. The molecule has 0 aliphatic rings. The van der Waals surface area contributed by atoms with E-state index in [1.54, 1.807) is 0 Å². The van der Waals surface area contributed by atoms with Crippen LogP contribution in [0, 0.1) is 5.92 Å². The summed E-state index contributed by atoms with van der Waals surface area (Å²) in [6.45, 7) is 4.75. The second-order valence-electron chi connectivity index (χ2n) is 4.79. The van der Waals surface area contributed by atoms with Crippen LogP contribution < -0.4 is 11.1 Å². The molecule has 3 nitrogen and oxygen atoms in total. The summed E-state index contributed by atoms with van der Waals surface area (Å²) < 4.78 is 0. The van der Waals surface area contributed by atoms with Crippen molar-refractivity contribution < 1.29 is 4.79 Å². The number of hydrogen-bond donors (Lipinski definition) is 2. The molecular weight excluding hydrogens is 260 g/mol. The van der Waals surface area contributed by atoms with Crippen molar-refractivity contribution in [3.8, 4) is 0 Å². The van der Waals surface area contributed by atoms with Gasteiger partial charge in [-0.05, 0) is 24.3 Å². The molecule has 1 aromatic carbocycles. The molecule has 1 amide bonds. The zero-order chi connectivity index (χ0) is 13.4. The van der Waals surface area contributed by atoms with Gasteiger partial charge in [0.1, 0.15) is 0 Å². The minimum Gasteiger partial charge on any atom is -0.355 e. The Hall–Kier alpha value is -1.06. The third-order valence-electron chi connectivity index (χ3n) is 3.34. The number of amides is 1. The van der Waals surface area contributed by atoms with E-state index < -0.39 is 0 Å². The van der Waals surface area contributed by atoms with Crippen molar-refractivity contribution in [1.29, 1.82) is 0 Å². The Balaban J connectivity index is 0.00000324. The molecule has 0 fully saturated rings. The van der Waals surface area contributed by atoms with Crippen molar-refractivity contribution in [3.05, 3.63) is 35.9 Å². The number of aryl methyl sites for hydroxylation is 1. The molecule has 0 radical (unpaired) electrons. The lowest BCUT2D eigenvalue weighted by molar-refractivity contribution is -0.123. The largest absolute Gasteiger partial charge is 0.355 e. The molecule has 2 atom stereocenters. The van der Waals surface area contributed by atoms with Crippen LogP contribution >= 0.6 is 12.4 Å². The average molecular weight is 285 g/mol. The average Bonchev–Trinajstić information content (AvgIpc) is 2.42. The van der Waals surface area contributed by atoms with Gasteiger partial charge in [-0.15, -0.1) is 12.4 Å². The molecule has 0 aliphatic heterocycles. The minimum atomic E-state index is -0.383. The summed E-state index contributed by atoms with van der Waals surface area (Å²) in [7, 11) is 0. The van der Waals surface area contributed by atoms with Crippen molar-refractivity contribution in [3.63, 3.8) is 0 Å².